The molecule has 0 saturated heterocycles. The van der Waals surface area contributed by atoms with E-state index >= 15 is 0 Å². The summed E-state index contributed by atoms with van der Waals surface area (Å²) in [6, 6.07) is 3.41. The first-order valence-corrected chi connectivity index (χ1v) is 8.42. The standard InChI is InChI=1S/C13H18Cl2O2.2C2H6/c1-8(2)4-5-12(16)9-6-10(14)13(17-3)11(15)7-9;2*1-2/h6-8,12,16H,4-5H2,1-3H3;2*1-2H3. The van der Waals surface area contributed by atoms with Crippen LogP contribution in [0.4, 0.5) is 0 Å². The Bertz CT molecular complexity index is 356. The number of methoxy groups -OCH3 is 1. The maximum Gasteiger partial charge on any atom is 0.156 e. The Balaban J connectivity index is 0. The van der Waals surface area contributed by atoms with Gasteiger partial charge in [0.25, 0.3) is 0 Å². The predicted octanol–water partition coefficient (Wildman–Crippen LogP) is 6.52. The maximum absolute atomic E-state index is 10.0. The highest BCUT2D eigenvalue weighted by molar-refractivity contribution is 6.37. The van der Waals surface area contributed by atoms with Crippen LogP contribution in [0.25, 0.3) is 0 Å². The van der Waals surface area contributed by atoms with Crippen molar-refractivity contribution < 1.29 is 9.84 Å². The second-order valence-electron chi connectivity index (χ2n) is 4.50. The molecule has 1 aromatic rings. The number of aliphatic hydroxyl groups is 1. The van der Waals surface area contributed by atoms with Gasteiger partial charge in [-0.25, -0.2) is 0 Å². The summed E-state index contributed by atoms with van der Waals surface area (Å²) >= 11 is 12.0. The van der Waals surface area contributed by atoms with Gasteiger partial charge in [-0.3, -0.25) is 0 Å². The largest absolute Gasteiger partial charge is 0.494 e. The molecule has 1 rings (SSSR count). The van der Waals surface area contributed by atoms with E-state index in [-0.39, 0.29) is 0 Å². The van der Waals surface area contributed by atoms with E-state index in [1.807, 2.05) is 27.7 Å². The van der Waals surface area contributed by atoms with Crippen LogP contribution in [0, 0.1) is 5.92 Å². The van der Waals surface area contributed by atoms with E-state index in [2.05, 4.69) is 13.8 Å². The molecule has 0 radical (unpaired) electrons. The van der Waals surface area contributed by atoms with Crippen molar-refractivity contribution in [2.75, 3.05) is 7.11 Å². The quantitative estimate of drug-likeness (QED) is 0.662. The predicted molar refractivity (Wildman–Crippen MR) is 94.7 cm³/mol. The monoisotopic (exact) mass is 336 g/mol. The number of halogens is 2. The fourth-order valence-electron chi connectivity index (χ4n) is 1.62. The molecular weight excluding hydrogens is 307 g/mol. The van der Waals surface area contributed by atoms with Crippen molar-refractivity contribution >= 4 is 23.2 Å². The van der Waals surface area contributed by atoms with Gasteiger partial charge >= 0.3 is 0 Å². The zero-order valence-electron chi connectivity index (χ0n) is 14.3. The summed E-state index contributed by atoms with van der Waals surface area (Å²) in [4.78, 5) is 0. The van der Waals surface area contributed by atoms with Gasteiger partial charge in [-0.05, 0) is 36.5 Å². The molecule has 21 heavy (non-hydrogen) atoms. The fraction of sp³-hybridized carbons (Fsp3) is 0.647. The van der Waals surface area contributed by atoms with Gasteiger partial charge in [0.05, 0.1) is 23.3 Å². The summed E-state index contributed by atoms with van der Waals surface area (Å²) in [5.74, 6) is 1.02. The Morgan fingerprint density at radius 2 is 1.43 bits per heavy atom. The average Bonchev–Trinajstić information content (AvgIpc) is 2.48. The van der Waals surface area contributed by atoms with E-state index < -0.39 is 6.10 Å². The molecule has 1 unspecified atom stereocenters. The molecule has 124 valence electrons. The van der Waals surface area contributed by atoms with Crippen LogP contribution in [0.5, 0.6) is 5.75 Å². The number of benzene rings is 1. The van der Waals surface area contributed by atoms with Crippen LogP contribution < -0.4 is 4.74 Å². The lowest BCUT2D eigenvalue weighted by atomic mass is 10.00. The van der Waals surface area contributed by atoms with Crippen LogP contribution in [0.3, 0.4) is 0 Å². The molecule has 2 nitrogen and oxygen atoms in total. The Morgan fingerprint density at radius 3 is 1.76 bits per heavy atom. The van der Waals surface area contributed by atoms with E-state index in [0.717, 1.165) is 12.0 Å². The van der Waals surface area contributed by atoms with Crippen molar-refractivity contribution in [3.63, 3.8) is 0 Å². The number of hydrogen-bond donors (Lipinski definition) is 1. The summed E-state index contributed by atoms with van der Waals surface area (Å²) in [6.45, 7) is 12.3. The van der Waals surface area contributed by atoms with Crippen LogP contribution in [-0.2, 0) is 0 Å². The van der Waals surface area contributed by atoms with Gasteiger partial charge < -0.3 is 9.84 Å². The summed E-state index contributed by atoms with van der Waals surface area (Å²) < 4.78 is 5.06. The molecule has 0 fully saturated rings. The third-order valence-electron chi connectivity index (χ3n) is 2.63. The van der Waals surface area contributed by atoms with E-state index in [0.29, 0.717) is 28.1 Å². The zero-order valence-corrected chi connectivity index (χ0v) is 15.8. The van der Waals surface area contributed by atoms with Gasteiger partial charge in [-0.1, -0.05) is 64.7 Å². The Labute approximate surface area is 140 Å². The van der Waals surface area contributed by atoms with Crippen LogP contribution in [-0.4, -0.2) is 12.2 Å². The normalized spacial score (nSPS) is 11.0. The minimum absolute atomic E-state index is 0.429. The van der Waals surface area contributed by atoms with Crippen molar-refractivity contribution in [2.45, 2.75) is 60.5 Å². The first kappa shape index (κ1) is 22.8. The average molecular weight is 337 g/mol. The molecule has 0 bridgehead atoms. The summed E-state index contributed by atoms with van der Waals surface area (Å²) in [5, 5.41) is 10.9. The molecule has 0 aliphatic rings. The minimum atomic E-state index is -0.529. The van der Waals surface area contributed by atoms with Gasteiger partial charge in [-0.2, -0.15) is 0 Å². The summed E-state index contributed by atoms with van der Waals surface area (Å²) in [5.41, 5.74) is 0.737. The fourth-order valence-corrected chi connectivity index (χ4v) is 2.28. The van der Waals surface area contributed by atoms with Gasteiger partial charge in [0.15, 0.2) is 5.75 Å². The molecule has 0 amide bonds. The highest BCUT2D eigenvalue weighted by Gasteiger charge is 2.14. The summed E-state index contributed by atoms with van der Waals surface area (Å²) in [6.07, 6.45) is 1.14. The Morgan fingerprint density at radius 1 is 1.00 bits per heavy atom. The van der Waals surface area contributed by atoms with Crippen molar-refractivity contribution in [2.24, 2.45) is 5.92 Å². The van der Waals surface area contributed by atoms with Gasteiger partial charge in [0.1, 0.15) is 0 Å². The molecule has 0 spiro atoms. The van der Waals surface area contributed by atoms with Crippen LogP contribution in [0.2, 0.25) is 10.0 Å². The number of aliphatic hydroxyl groups excluding tert-OH is 1. The Kier molecular flexibility index (Phi) is 14.4. The highest BCUT2D eigenvalue weighted by atomic mass is 35.5. The zero-order chi connectivity index (χ0) is 17.0. The van der Waals surface area contributed by atoms with Crippen LogP contribution in [0.15, 0.2) is 12.1 Å². The molecule has 4 heteroatoms. The number of rotatable bonds is 5. The third-order valence-corrected chi connectivity index (χ3v) is 3.19. The lowest BCUT2D eigenvalue weighted by molar-refractivity contribution is 0.159. The van der Waals surface area contributed by atoms with Gasteiger partial charge in [0.2, 0.25) is 0 Å². The second kappa shape index (κ2) is 13.2. The molecule has 0 aliphatic heterocycles. The van der Waals surface area contributed by atoms with Crippen LogP contribution >= 0.6 is 23.2 Å². The minimum Gasteiger partial charge on any atom is -0.494 e. The third kappa shape index (κ3) is 8.55. The summed E-state index contributed by atoms with van der Waals surface area (Å²) in [7, 11) is 1.52. The molecule has 1 aromatic carbocycles. The maximum atomic E-state index is 10.0. The number of ether oxygens (including phenoxy) is 1. The molecular formula is C17H30Cl2O2. The molecule has 1 atom stereocenters. The number of hydrogen-bond acceptors (Lipinski definition) is 2. The topological polar surface area (TPSA) is 29.5 Å². The second-order valence-corrected chi connectivity index (χ2v) is 5.32. The van der Waals surface area contributed by atoms with E-state index in [4.69, 9.17) is 27.9 Å². The van der Waals surface area contributed by atoms with Crippen molar-refractivity contribution in [1.82, 2.24) is 0 Å². The van der Waals surface area contributed by atoms with Crippen LogP contribution in [0.1, 0.15) is 66.1 Å². The first-order valence-electron chi connectivity index (χ1n) is 7.66. The molecule has 1 N–H and O–H groups in total. The lowest BCUT2D eigenvalue weighted by Gasteiger charge is -2.15. The van der Waals surface area contributed by atoms with E-state index in [1.165, 1.54) is 7.11 Å². The van der Waals surface area contributed by atoms with Crippen molar-refractivity contribution in [3.8, 4) is 5.75 Å². The van der Waals surface area contributed by atoms with Crippen molar-refractivity contribution in [1.29, 1.82) is 0 Å². The SMILES string of the molecule is CC.CC.COc1c(Cl)cc(C(O)CCC(C)C)cc1Cl. The molecule has 0 saturated carbocycles. The lowest BCUT2D eigenvalue weighted by Crippen LogP contribution is -2.00. The first-order chi connectivity index (χ1) is 9.95. The highest BCUT2D eigenvalue weighted by Crippen LogP contribution is 2.36. The van der Waals surface area contributed by atoms with E-state index in [9.17, 15) is 5.11 Å². The molecule has 0 aliphatic carbocycles. The van der Waals surface area contributed by atoms with Gasteiger partial charge in [0, 0.05) is 0 Å². The molecule has 0 aromatic heterocycles. The van der Waals surface area contributed by atoms with E-state index in [1.54, 1.807) is 12.1 Å². The van der Waals surface area contributed by atoms with Gasteiger partial charge in [-0.15, -0.1) is 0 Å². The smallest absolute Gasteiger partial charge is 0.156 e. The van der Waals surface area contributed by atoms with Crippen molar-refractivity contribution in [3.05, 3.63) is 27.7 Å². The molecule has 0 heterocycles. The Hall–Kier alpha value is -0.440.